The molecule has 4 nitrogen and oxygen atoms in total. The summed E-state index contributed by atoms with van der Waals surface area (Å²) in [6.45, 7) is 6.42. The maximum Gasteiger partial charge on any atom is 0.311 e. The molecule has 1 rings (SSSR count). The van der Waals surface area contributed by atoms with Gasteiger partial charge in [0, 0.05) is 10.7 Å². The van der Waals surface area contributed by atoms with Crippen LogP contribution in [0.4, 0.5) is 0 Å². The summed E-state index contributed by atoms with van der Waals surface area (Å²) in [6, 6.07) is 0. The minimum atomic E-state index is -0.477. The van der Waals surface area contributed by atoms with E-state index in [-0.39, 0.29) is 11.3 Å². The van der Waals surface area contributed by atoms with Gasteiger partial charge in [0.2, 0.25) is 6.10 Å². The standard InChI is InChI=1S/C20H38N2O2/c1-4-5-6-7-8-9-10-11-12-13-14-15-16-17-20(2,3)18-19(23)21-22-24-18/h18H,4-17H2,1-3H3. The van der Waals surface area contributed by atoms with Gasteiger partial charge < -0.3 is 4.84 Å². The van der Waals surface area contributed by atoms with E-state index in [0.29, 0.717) is 0 Å². The molecule has 0 saturated heterocycles. The third kappa shape index (κ3) is 8.79. The number of rotatable bonds is 15. The molecule has 1 heterocycles. The summed E-state index contributed by atoms with van der Waals surface area (Å²) in [6.07, 6.45) is 18.2. The van der Waals surface area contributed by atoms with Crippen LogP contribution in [0.5, 0.6) is 0 Å². The molecule has 1 aliphatic heterocycles. The van der Waals surface area contributed by atoms with Crippen LogP contribution >= 0.6 is 0 Å². The zero-order chi connectivity index (χ0) is 17.7. The first-order chi connectivity index (χ1) is 11.6. The zero-order valence-corrected chi connectivity index (χ0v) is 16.2. The molecule has 0 saturated carbocycles. The lowest BCUT2D eigenvalue weighted by Crippen LogP contribution is -2.34. The molecule has 0 aliphatic carbocycles. The van der Waals surface area contributed by atoms with Crippen molar-refractivity contribution in [1.82, 2.24) is 0 Å². The third-order valence-corrected chi connectivity index (χ3v) is 5.15. The minimum Gasteiger partial charge on any atom is -0.365 e. The molecule has 1 aliphatic rings. The van der Waals surface area contributed by atoms with Gasteiger partial charge in [-0.15, -0.1) is 0 Å². The van der Waals surface area contributed by atoms with Crippen LogP contribution in [0.25, 0.3) is 0 Å². The molecule has 0 bridgehead atoms. The molecule has 0 aromatic rings. The second kappa shape index (κ2) is 12.4. The first kappa shape index (κ1) is 21.1. The Morgan fingerprint density at radius 1 is 0.833 bits per heavy atom. The molecule has 0 spiro atoms. The largest absolute Gasteiger partial charge is 0.365 e. The summed E-state index contributed by atoms with van der Waals surface area (Å²) in [4.78, 5) is 16.7. The summed E-state index contributed by atoms with van der Waals surface area (Å²) in [5, 5.41) is 6.86. The summed E-state index contributed by atoms with van der Waals surface area (Å²) in [5.41, 5.74) is -0.168. The van der Waals surface area contributed by atoms with Crippen molar-refractivity contribution in [2.24, 2.45) is 15.8 Å². The van der Waals surface area contributed by atoms with Crippen LogP contribution in [0.15, 0.2) is 10.4 Å². The third-order valence-electron chi connectivity index (χ3n) is 5.15. The van der Waals surface area contributed by atoms with E-state index in [2.05, 4.69) is 31.2 Å². The van der Waals surface area contributed by atoms with E-state index in [1.165, 1.54) is 77.0 Å². The van der Waals surface area contributed by atoms with Gasteiger partial charge >= 0.3 is 5.91 Å². The number of carbonyl (C=O) groups is 1. The van der Waals surface area contributed by atoms with Crippen molar-refractivity contribution < 1.29 is 9.63 Å². The topological polar surface area (TPSA) is 51.0 Å². The van der Waals surface area contributed by atoms with Crippen LogP contribution in [0, 0.1) is 5.41 Å². The van der Waals surface area contributed by atoms with Gasteiger partial charge in [0.1, 0.15) is 0 Å². The smallest absolute Gasteiger partial charge is 0.311 e. The van der Waals surface area contributed by atoms with Gasteiger partial charge in [0.25, 0.3) is 0 Å². The van der Waals surface area contributed by atoms with E-state index >= 15 is 0 Å². The second-order valence-electron chi connectivity index (χ2n) is 7.99. The highest BCUT2D eigenvalue weighted by atomic mass is 16.7. The molecule has 0 fully saturated rings. The molecule has 0 radical (unpaired) electrons. The normalized spacial score (nSPS) is 17.5. The monoisotopic (exact) mass is 338 g/mol. The molecule has 0 aromatic heterocycles. The van der Waals surface area contributed by atoms with E-state index in [9.17, 15) is 4.79 Å². The number of hydrogen-bond donors (Lipinski definition) is 0. The van der Waals surface area contributed by atoms with Gasteiger partial charge in [-0.2, -0.15) is 0 Å². The molecule has 1 unspecified atom stereocenters. The summed E-state index contributed by atoms with van der Waals surface area (Å²) in [7, 11) is 0. The quantitative estimate of drug-likeness (QED) is 0.309. The number of amides is 1. The number of nitrogens with zero attached hydrogens (tertiary/aromatic N) is 2. The second-order valence-corrected chi connectivity index (χ2v) is 7.99. The van der Waals surface area contributed by atoms with E-state index < -0.39 is 6.10 Å². The molecule has 4 heteroatoms. The molecule has 0 aromatic carbocycles. The fourth-order valence-corrected chi connectivity index (χ4v) is 3.41. The number of unbranched alkanes of at least 4 members (excludes halogenated alkanes) is 12. The Labute approximate surface area is 148 Å². The highest BCUT2D eigenvalue weighted by Crippen LogP contribution is 2.33. The van der Waals surface area contributed by atoms with Crippen LogP contribution in [0.1, 0.15) is 111 Å². The maximum atomic E-state index is 11.6. The van der Waals surface area contributed by atoms with Crippen LogP contribution in [0.3, 0.4) is 0 Å². The Morgan fingerprint density at radius 3 is 1.71 bits per heavy atom. The van der Waals surface area contributed by atoms with Crippen molar-refractivity contribution in [2.45, 2.75) is 117 Å². The van der Waals surface area contributed by atoms with Crippen molar-refractivity contribution in [3.05, 3.63) is 0 Å². The minimum absolute atomic E-state index is 0.168. The van der Waals surface area contributed by atoms with Gasteiger partial charge in [0.05, 0.1) is 0 Å². The highest BCUT2D eigenvalue weighted by molar-refractivity contribution is 5.82. The molecular weight excluding hydrogens is 300 g/mol. The van der Waals surface area contributed by atoms with Gasteiger partial charge in [0.15, 0.2) is 0 Å². The van der Waals surface area contributed by atoms with E-state index in [1.807, 2.05) is 0 Å². The van der Waals surface area contributed by atoms with Crippen molar-refractivity contribution in [2.75, 3.05) is 0 Å². The SMILES string of the molecule is CCCCCCCCCCCCCCCC(C)(C)C1ON=NC1=O. The lowest BCUT2D eigenvalue weighted by molar-refractivity contribution is -0.130. The Bertz CT molecular complexity index is 367. The molecule has 140 valence electrons. The molecule has 1 atom stereocenters. The summed E-state index contributed by atoms with van der Waals surface area (Å²) < 4.78 is 0. The summed E-state index contributed by atoms with van der Waals surface area (Å²) >= 11 is 0. The molecular formula is C20H38N2O2. The zero-order valence-electron chi connectivity index (χ0n) is 16.2. The average Bonchev–Trinajstić information content (AvgIpc) is 2.99. The highest BCUT2D eigenvalue weighted by Gasteiger charge is 2.40. The van der Waals surface area contributed by atoms with Gasteiger partial charge in [-0.3, -0.25) is 4.79 Å². The first-order valence-electron chi connectivity index (χ1n) is 10.2. The Kier molecular flexibility index (Phi) is 10.9. The fourth-order valence-electron chi connectivity index (χ4n) is 3.41. The van der Waals surface area contributed by atoms with Gasteiger partial charge in [-0.25, -0.2) is 0 Å². The van der Waals surface area contributed by atoms with E-state index in [4.69, 9.17) is 4.84 Å². The van der Waals surface area contributed by atoms with Crippen molar-refractivity contribution in [1.29, 1.82) is 0 Å². The van der Waals surface area contributed by atoms with Crippen LogP contribution in [-0.4, -0.2) is 12.0 Å². The van der Waals surface area contributed by atoms with Crippen molar-refractivity contribution >= 4 is 5.91 Å². The fraction of sp³-hybridized carbons (Fsp3) is 0.950. The van der Waals surface area contributed by atoms with Crippen molar-refractivity contribution in [3.8, 4) is 0 Å². The molecule has 0 N–H and O–H groups in total. The van der Waals surface area contributed by atoms with Gasteiger partial charge in [-0.1, -0.05) is 109 Å². The first-order valence-corrected chi connectivity index (χ1v) is 10.2. The predicted molar refractivity (Wildman–Crippen MR) is 98.8 cm³/mol. The molecule has 24 heavy (non-hydrogen) atoms. The van der Waals surface area contributed by atoms with Crippen LogP contribution < -0.4 is 0 Å². The van der Waals surface area contributed by atoms with E-state index in [1.54, 1.807) is 0 Å². The average molecular weight is 339 g/mol. The van der Waals surface area contributed by atoms with E-state index in [0.717, 1.165) is 12.8 Å². The van der Waals surface area contributed by atoms with Crippen molar-refractivity contribution in [3.63, 3.8) is 0 Å². The van der Waals surface area contributed by atoms with Gasteiger partial charge in [-0.05, 0) is 6.42 Å². The molecule has 1 amide bonds. The lowest BCUT2D eigenvalue weighted by Gasteiger charge is -2.27. The Balaban J connectivity index is 1.87. The lowest BCUT2D eigenvalue weighted by atomic mass is 9.81. The number of carbonyl (C=O) groups excluding carboxylic acids is 1. The maximum absolute atomic E-state index is 11.6. The Hall–Kier alpha value is -0.930. The predicted octanol–water partition coefficient (Wildman–Crippen LogP) is 6.79. The summed E-state index contributed by atoms with van der Waals surface area (Å²) in [5.74, 6) is -0.227. The van der Waals surface area contributed by atoms with Crippen LogP contribution in [0.2, 0.25) is 0 Å². The Morgan fingerprint density at radius 2 is 1.29 bits per heavy atom. The van der Waals surface area contributed by atoms with Crippen LogP contribution in [-0.2, 0) is 9.63 Å². The number of hydrogen-bond acceptors (Lipinski definition) is 3.